The molecule has 0 aliphatic carbocycles. The quantitative estimate of drug-likeness (QED) is 0.603. The molecular weight excluding hydrogens is 382 g/mol. The van der Waals surface area contributed by atoms with Crippen LogP contribution in [0, 0.1) is 18.8 Å². The molecular formula is C23H35N3O4. The van der Waals surface area contributed by atoms with Crippen LogP contribution < -0.4 is 10.6 Å². The van der Waals surface area contributed by atoms with Crippen molar-refractivity contribution in [2.24, 2.45) is 11.8 Å². The van der Waals surface area contributed by atoms with Gasteiger partial charge in [-0.3, -0.25) is 14.4 Å². The average molecular weight is 418 g/mol. The van der Waals surface area contributed by atoms with E-state index in [0.29, 0.717) is 51.1 Å². The molecule has 1 unspecified atom stereocenters. The molecule has 0 saturated carbocycles. The van der Waals surface area contributed by atoms with Crippen molar-refractivity contribution in [2.45, 2.75) is 46.1 Å². The molecule has 0 bridgehead atoms. The van der Waals surface area contributed by atoms with Crippen LogP contribution in [0.15, 0.2) is 24.3 Å². The third-order valence-electron chi connectivity index (χ3n) is 5.36. The number of likely N-dealkylation sites (tertiary alicyclic amines) is 1. The molecule has 2 N–H and O–H groups in total. The molecule has 1 fully saturated rings. The first-order valence-electron chi connectivity index (χ1n) is 10.7. The van der Waals surface area contributed by atoms with Gasteiger partial charge in [0.05, 0.1) is 6.61 Å². The summed E-state index contributed by atoms with van der Waals surface area (Å²) >= 11 is 0. The lowest BCUT2D eigenvalue weighted by atomic mass is 9.88. The first-order valence-corrected chi connectivity index (χ1v) is 10.7. The Kier molecular flexibility index (Phi) is 9.30. The second-order valence-corrected chi connectivity index (χ2v) is 8.43. The molecule has 1 atom stereocenters. The van der Waals surface area contributed by atoms with E-state index in [-0.39, 0.29) is 29.6 Å². The second kappa shape index (κ2) is 11.7. The number of hydrogen-bond donors (Lipinski definition) is 2. The van der Waals surface area contributed by atoms with Gasteiger partial charge < -0.3 is 20.3 Å². The summed E-state index contributed by atoms with van der Waals surface area (Å²) in [5, 5.41) is 5.78. The van der Waals surface area contributed by atoms with Crippen molar-refractivity contribution in [3.8, 4) is 0 Å². The summed E-state index contributed by atoms with van der Waals surface area (Å²) in [6.07, 6.45) is 1.72. The molecule has 166 valence electrons. The number of amides is 3. The fourth-order valence-corrected chi connectivity index (χ4v) is 3.78. The number of piperidine rings is 1. The summed E-state index contributed by atoms with van der Waals surface area (Å²) < 4.78 is 5.00. The normalized spacial score (nSPS) is 15.7. The molecule has 0 aromatic heterocycles. The molecule has 30 heavy (non-hydrogen) atoms. The third-order valence-corrected chi connectivity index (χ3v) is 5.36. The van der Waals surface area contributed by atoms with Gasteiger partial charge in [-0.2, -0.15) is 0 Å². The molecule has 7 heteroatoms. The highest BCUT2D eigenvalue weighted by Crippen LogP contribution is 2.23. The summed E-state index contributed by atoms with van der Waals surface area (Å²) in [6.45, 7) is 7.87. The SMILES string of the molecule is COCCNC(=O)C(NC(=O)CC(C)C)C1CCN(C(=O)c2cccc(C)c2)CC1. The maximum Gasteiger partial charge on any atom is 0.253 e. The summed E-state index contributed by atoms with van der Waals surface area (Å²) in [7, 11) is 1.58. The topological polar surface area (TPSA) is 87.7 Å². The highest BCUT2D eigenvalue weighted by molar-refractivity contribution is 5.94. The highest BCUT2D eigenvalue weighted by atomic mass is 16.5. The van der Waals surface area contributed by atoms with Crippen LogP contribution in [-0.2, 0) is 14.3 Å². The molecule has 7 nitrogen and oxygen atoms in total. The van der Waals surface area contributed by atoms with Crippen molar-refractivity contribution in [1.29, 1.82) is 0 Å². The van der Waals surface area contributed by atoms with Crippen molar-refractivity contribution >= 4 is 17.7 Å². The zero-order valence-electron chi connectivity index (χ0n) is 18.6. The maximum atomic E-state index is 12.8. The zero-order chi connectivity index (χ0) is 22.1. The Hall–Kier alpha value is -2.41. The molecule has 1 saturated heterocycles. The summed E-state index contributed by atoms with van der Waals surface area (Å²) in [4.78, 5) is 39.7. The highest BCUT2D eigenvalue weighted by Gasteiger charge is 2.34. The fourth-order valence-electron chi connectivity index (χ4n) is 3.78. The molecule has 0 spiro atoms. The van der Waals surface area contributed by atoms with Gasteiger partial charge in [-0.25, -0.2) is 0 Å². The predicted molar refractivity (Wildman–Crippen MR) is 116 cm³/mol. The van der Waals surface area contributed by atoms with Crippen molar-refractivity contribution in [2.75, 3.05) is 33.4 Å². The number of ether oxygens (including phenoxy) is 1. The van der Waals surface area contributed by atoms with Gasteiger partial charge in [-0.1, -0.05) is 31.5 Å². The molecule has 3 amide bonds. The van der Waals surface area contributed by atoms with E-state index >= 15 is 0 Å². The minimum absolute atomic E-state index is 0.00906. The number of aryl methyl sites for hydroxylation is 1. The molecule has 1 aliphatic rings. The number of carbonyl (C=O) groups is 3. The van der Waals surface area contributed by atoms with Gasteiger partial charge in [0, 0.05) is 38.7 Å². The van der Waals surface area contributed by atoms with Gasteiger partial charge in [-0.05, 0) is 43.7 Å². The number of nitrogens with one attached hydrogen (secondary N) is 2. The minimum Gasteiger partial charge on any atom is -0.383 e. The van der Waals surface area contributed by atoms with E-state index in [1.54, 1.807) is 7.11 Å². The Morgan fingerprint density at radius 2 is 1.90 bits per heavy atom. The molecule has 2 rings (SSSR count). The summed E-state index contributed by atoms with van der Waals surface area (Å²) in [6, 6.07) is 6.99. The molecule has 0 radical (unpaired) electrons. The monoisotopic (exact) mass is 417 g/mol. The smallest absolute Gasteiger partial charge is 0.253 e. The van der Waals surface area contributed by atoms with Gasteiger partial charge in [0.25, 0.3) is 5.91 Å². The molecule has 1 aliphatic heterocycles. The van der Waals surface area contributed by atoms with Crippen LogP contribution in [0.4, 0.5) is 0 Å². The van der Waals surface area contributed by atoms with Crippen LogP contribution >= 0.6 is 0 Å². The Labute approximate surface area is 179 Å². The van der Waals surface area contributed by atoms with E-state index in [4.69, 9.17) is 4.74 Å². The molecule has 1 aromatic rings. The van der Waals surface area contributed by atoms with Crippen molar-refractivity contribution in [3.05, 3.63) is 35.4 Å². The van der Waals surface area contributed by atoms with Crippen LogP contribution in [0.3, 0.4) is 0 Å². The number of methoxy groups -OCH3 is 1. The lowest BCUT2D eigenvalue weighted by Crippen LogP contribution is -2.54. The van der Waals surface area contributed by atoms with Gasteiger partial charge >= 0.3 is 0 Å². The van der Waals surface area contributed by atoms with Crippen LogP contribution in [0.2, 0.25) is 0 Å². The lowest BCUT2D eigenvalue weighted by molar-refractivity contribution is -0.131. The zero-order valence-corrected chi connectivity index (χ0v) is 18.6. The van der Waals surface area contributed by atoms with Crippen LogP contribution in [-0.4, -0.2) is 62.0 Å². The second-order valence-electron chi connectivity index (χ2n) is 8.43. The first kappa shape index (κ1) is 23.9. The largest absolute Gasteiger partial charge is 0.383 e. The Morgan fingerprint density at radius 1 is 1.20 bits per heavy atom. The third kappa shape index (κ3) is 7.13. The van der Waals surface area contributed by atoms with Gasteiger partial charge in [0.1, 0.15) is 6.04 Å². The number of hydrogen-bond acceptors (Lipinski definition) is 4. The van der Waals surface area contributed by atoms with Crippen LogP contribution in [0.5, 0.6) is 0 Å². The van der Waals surface area contributed by atoms with Gasteiger partial charge in [0.2, 0.25) is 11.8 Å². The van der Waals surface area contributed by atoms with Crippen LogP contribution in [0.25, 0.3) is 0 Å². The minimum atomic E-state index is -0.593. The average Bonchev–Trinajstić information content (AvgIpc) is 2.71. The summed E-state index contributed by atoms with van der Waals surface area (Å²) in [5.41, 5.74) is 1.74. The van der Waals surface area contributed by atoms with Crippen LogP contribution in [0.1, 0.15) is 49.0 Å². The lowest BCUT2D eigenvalue weighted by Gasteiger charge is -2.36. The Balaban J connectivity index is 2.00. The maximum absolute atomic E-state index is 12.8. The summed E-state index contributed by atoms with van der Waals surface area (Å²) in [5.74, 6) is -0.0777. The number of nitrogens with zero attached hydrogens (tertiary/aromatic N) is 1. The standard InChI is InChI=1S/C23H35N3O4/c1-16(2)14-20(27)25-21(22(28)24-10-13-30-4)18-8-11-26(12-9-18)23(29)19-7-5-6-17(3)15-19/h5-7,15-16,18,21H,8-14H2,1-4H3,(H,24,28)(H,25,27). The Bertz CT molecular complexity index is 727. The Morgan fingerprint density at radius 3 is 2.50 bits per heavy atom. The van der Waals surface area contributed by atoms with E-state index in [9.17, 15) is 14.4 Å². The van der Waals surface area contributed by atoms with E-state index in [1.165, 1.54) is 0 Å². The van der Waals surface area contributed by atoms with E-state index in [0.717, 1.165) is 5.56 Å². The van der Waals surface area contributed by atoms with Crippen molar-refractivity contribution in [3.63, 3.8) is 0 Å². The van der Waals surface area contributed by atoms with E-state index in [2.05, 4.69) is 10.6 Å². The number of rotatable bonds is 9. The van der Waals surface area contributed by atoms with Crippen molar-refractivity contribution < 1.29 is 19.1 Å². The number of benzene rings is 1. The van der Waals surface area contributed by atoms with E-state index in [1.807, 2.05) is 49.9 Å². The first-order chi connectivity index (χ1) is 14.3. The number of carbonyl (C=O) groups excluding carboxylic acids is 3. The van der Waals surface area contributed by atoms with Gasteiger partial charge in [-0.15, -0.1) is 0 Å². The van der Waals surface area contributed by atoms with Crippen molar-refractivity contribution in [1.82, 2.24) is 15.5 Å². The van der Waals surface area contributed by atoms with E-state index < -0.39 is 6.04 Å². The molecule has 1 aromatic carbocycles. The fraction of sp³-hybridized carbons (Fsp3) is 0.609. The molecule has 1 heterocycles. The predicted octanol–water partition coefficient (Wildman–Crippen LogP) is 2.14. The van der Waals surface area contributed by atoms with Gasteiger partial charge in [0.15, 0.2) is 0 Å².